The molecule has 70 valence electrons. The van der Waals surface area contributed by atoms with Crippen molar-refractivity contribution in [2.24, 2.45) is 0 Å². The van der Waals surface area contributed by atoms with Gasteiger partial charge in [-0.2, -0.15) is 0 Å². The Balaban J connectivity index is 2.55. The van der Waals surface area contributed by atoms with Crippen LogP contribution in [-0.2, 0) is 11.3 Å². The van der Waals surface area contributed by atoms with Gasteiger partial charge in [0.2, 0.25) is 5.91 Å². The topological polar surface area (TPSA) is 53.4 Å². The van der Waals surface area contributed by atoms with E-state index in [2.05, 4.69) is 4.98 Å². The van der Waals surface area contributed by atoms with Crippen molar-refractivity contribution < 1.29 is 9.90 Å². The summed E-state index contributed by atoms with van der Waals surface area (Å²) in [7, 11) is 1.65. The molecule has 1 rings (SSSR count). The predicted octanol–water partition coefficient (Wildman–Crippen LogP) is 0.0323. The van der Waals surface area contributed by atoms with E-state index in [1.807, 2.05) is 12.1 Å². The van der Waals surface area contributed by atoms with Crippen molar-refractivity contribution in [2.45, 2.75) is 6.54 Å². The third kappa shape index (κ3) is 2.83. The van der Waals surface area contributed by atoms with Crippen molar-refractivity contribution in [3.8, 4) is 0 Å². The van der Waals surface area contributed by atoms with Crippen LogP contribution < -0.4 is 0 Å². The number of rotatable bonds is 3. The summed E-state index contributed by atoms with van der Waals surface area (Å²) < 4.78 is 0. The van der Waals surface area contributed by atoms with E-state index in [1.165, 1.54) is 4.90 Å². The average Bonchev–Trinajstić information content (AvgIpc) is 2.18. The molecule has 0 unspecified atom stereocenters. The molecule has 0 aliphatic carbocycles. The average molecular weight is 180 g/mol. The number of hydrogen-bond acceptors (Lipinski definition) is 3. The number of hydrogen-bond donors (Lipinski definition) is 1. The molecular weight excluding hydrogens is 168 g/mol. The number of carbonyl (C=O) groups excluding carboxylic acids is 1. The fourth-order valence-electron chi connectivity index (χ4n) is 0.971. The molecule has 1 heterocycles. The molecule has 0 radical (unpaired) electrons. The summed E-state index contributed by atoms with van der Waals surface area (Å²) in [5.74, 6) is -0.281. The minimum atomic E-state index is -0.443. The fraction of sp³-hybridized carbons (Fsp3) is 0.333. The monoisotopic (exact) mass is 180 g/mol. The van der Waals surface area contributed by atoms with Gasteiger partial charge in [0.15, 0.2) is 0 Å². The van der Waals surface area contributed by atoms with Gasteiger partial charge in [-0.3, -0.25) is 9.78 Å². The third-order valence-electron chi connectivity index (χ3n) is 1.73. The fourth-order valence-corrected chi connectivity index (χ4v) is 0.971. The Hall–Kier alpha value is -1.42. The first kappa shape index (κ1) is 9.67. The second kappa shape index (κ2) is 4.57. The molecule has 0 saturated carbocycles. The molecule has 13 heavy (non-hydrogen) atoms. The molecule has 0 spiro atoms. The third-order valence-corrected chi connectivity index (χ3v) is 1.73. The molecule has 1 N–H and O–H groups in total. The van der Waals surface area contributed by atoms with Crippen molar-refractivity contribution in [3.05, 3.63) is 30.1 Å². The second-order valence-electron chi connectivity index (χ2n) is 2.76. The van der Waals surface area contributed by atoms with E-state index in [4.69, 9.17) is 5.11 Å². The van der Waals surface area contributed by atoms with Crippen LogP contribution in [0.15, 0.2) is 24.5 Å². The Morgan fingerprint density at radius 2 is 2.15 bits per heavy atom. The molecule has 4 nitrogen and oxygen atoms in total. The van der Waals surface area contributed by atoms with E-state index in [1.54, 1.807) is 19.4 Å². The molecular formula is C9H12N2O2. The van der Waals surface area contributed by atoms with Gasteiger partial charge in [0.05, 0.1) is 0 Å². The number of aliphatic hydroxyl groups excluding tert-OH is 1. The Morgan fingerprint density at radius 1 is 1.54 bits per heavy atom. The van der Waals surface area contributed by atoms with E-state index >= 15 is 0 Å². The molecule has 1 aromatic rings. The van der Waals surface area contributed by atoms with E-state index < -0.39 is 6.61 Å². The Morgan fingerprint density at radius 3 is 2.69 bits per heavy atom. The molecule has 1 amide bonds. The van der Waals surface area contributed by atoms with Crippen LogP contribution in [0.5, 0.6) is 0 Å². The number of amides is 1. The van der Waals surface area contributed by atoms with Gasteiger partial charge in [0.1, 0.15) is 6.61 Å². The van der Waals surface area contributed by atoms with E-state index in [0.29, 0.717) is 6.54 Å². The molecule has 4 heteroatoms. The molecule has 0 aliphatic rings. The summed E-state index contributed by atoms with van der Waals surface area (Å²) in [6.07, 6.45) is 3.35. The summed E-state index contributed by atoms with van der Waals surface area (Å²) in [4.78, 5) is 16.3. The summed E-state index contributed by atoms with van der Waals surface area (Å²) >= 11 is 0. The smallest absolute Gasteiger partial charge is 0.248 e. The van der Waals surface area contributed by atoms with Gasteiger partial charge in [0.25, 0.3) is 0 Å². The van der Waals surface area contributed by atoms with Crippen molar-refractivity contribution >= 4 is 5.91 Å². The maximum Gasteiger partial charge on any atom is 0.248 e. The van der Waals surface area contributed by atoms with Gasteiger partial charge < -0.3 is 10.0 Å². The van der Waals surface area contributed by atoms with Crippen LogP contribution in [-0.4, -0.2) is 34.6 Å². The lowest BCUT2D eigenvalue weighted by Gasteiger charge is -2.15. The van der Waals surface area contributed by atoms with Gasteiger partial charge in [-0.1, -0.05) is 0 Å². The lowest BCUT2D eigenvalue weighted by atomic mass is 10.2. The first-order chi connectivity index (χ1) is 6.24. The predicted molar refractivity (Wildman–Crippen MR) is 47.8 cm³/mol. The van der Waals surface area contributed by atoms with Crippen LogP contribution >= 0.6 is 0 Å². The van der Waals surface area contributed by atoms with Crippen LogP contribution in [0.4, 0.5) is 0 Å². The first-order valence-corrected chi connectivity index (χ1v) is 3.97. The van der Waals surface area contributed by atoms with Crippen LogP contribution in [0.1, 0.15) is 5.56 Å². The van der Waals surface area contributed by atoms with Crippen molar-refractivity contribution in [1.82, 2.24) is 9.88 Å². The zero-order valence-electron chi connectivity index (χ0n) is 7.47. The molecule has 0 bridgehead atoms. The van der Waals surface area contributed by atoms with Gasteiger partial charge in [0, 0.05) is 26.0 Å². The van der Waals surface area contributed by atoms with Crippen molar-refractivity contribution in [1.29, 1.82) is 0 Å². The van der Waals surface area contributed by atoms with Gasteiger partial charge in [-0.15, -0.1) is 0 Å². The highest BCUT2D eigenvalue weighted by atomic mass is 16.3. The standard InChI is InChI=1S/C9H12N2O2/c1-11(9(13)7-12)6-8-2-4-10-5-3-8/h2-5,12H,6-7H2,1H3. The lowest BCUT2D eigenvalue weighted by molar-refractivity contribution is -0.133. The first-order valence-electron chi connectivity index (χ1n) is 3.97. The summed E-state index contributed by atoms with van der Waals surface area (Å²) in [6.45, 7) is 0.0590. The quantitative estimate of drug-likeness (QED) is 0.714. The molecule has 0 saturated heterocycles. The SMILES string of the molecule is CN(Cc1ccncc1)C(=O)CO. The highest BCUT2D eigenvalue weighted by Crippen LogP contribution is 2.00. The van der Waals surface area contributed by atoms with Gasteiger partial charge in [-0.05, 0) is 17.7 Å². The van der Waals surface area contributed by atoms with Crippen molar-refractivity contribution in [3.63, 3.8) is 0 Å². The van der Waals surface area contributed by atoms with E-state index in [-0.39, 0.29) is 5.91 Å². The lowest BCUT2D eigenvalue weighted by Crippen LogP contribution is -2.28. The number of aromatic nitrogens is 1. The summed E-state index contributed by atoms with van der Waals surface area (Å²) in [5.41, 5.74) is 0.999. The number of carbonyl (C=O) groups is 1. The van der Waals surface area contributed by atoms with Gasteiger partial charge in [-0.25, -0.2) is 0 Å². The second-order valence-corrected chi connectivity index (χ2v) is 2.76. The van der Waals surface area contributed by atoms with E-state index in [0.717, 1.165) is 5.56 Å². The van der Waals surface area contributed by atoms with Crippen LogP contribution in [0, 0.1) is 0 Å². The Kier molecular flexibility index (Phi) is 3.40. The van der Waals surface area contributed by atoms with Crippen LogP contribution in [0.2, 0.25) is 0 Å². The zero-order chi connectivity index (χ0) is 9.68. The minimum Gasteiger partial charge on any atom is -0.387 e. The number of pyridine rings is 1. The normalized spacial score (nSPS) is 9.69. The van der Waals surface area contributed by atoms with Crippen LogP contribution in [0.3, 0.4) is 0 Å². The molecule has 0 aromatic carbocycles. The number of aliphatic hydroxyl groups is 1. The highest BCUT2D eigenvalue weighted by Gasteiger charge is 2.06. The zero-order valence-corrected chi connectivity index (χ0v) is 7.47. The Labute approximate surface area is 76.8 Å². The summed E-state index contributed by atoms with van der Waals surface area (Å²) in [5, 5.41) is 8.58. The molecule has 0 atom stereocenters. The maximum atomic E-state index is 11.0. The molecule has 1 aromatic heterocycles. The number of nitrogens with zero attached hydrogens (tertiary/aromatic N) is 2. The van der Waals surface area contributed by atoms with Crippen molar-refractivity contribution in [2.75, 3.05) is 13.7 Å². The van der Waals surface area contributed by atoms with Crippen LogP contribution in [0.25, 0.3) is 0 Å². The Bertz CT molecular complexity index is 274. The largest absolute Gasteiger partial charge is 0.387 e. The minimum absolute atomic E-state index is 0.281. The highest BCUT2D eigenvalue weighted by molar-refractivity contribution is 5.76. The molecule has 0 fully saturated rings. The van der Waals surface area contributed by atoms with Gasteiger partial charge >= 0.3 is 0 Å². The summed E-state index contributed by atoms with van der Waals surface area (Å²) in [6, 6.07) is 3.67. The molecule has 0 aliphatic heterocycles. The van der Waals surface area contributed by atoms with E-state index in [9.17, 15) is 4.79 Å². The number of likely N-dealkylation sites (N-methyl/N-ethyl adjacent to an activating group) is 1. The maximum absolute atomic E-state index is 11.0.